The van der Waals surface area contributed by atoms with Crippen LogP contribution in [0.5, 0.6) is 11.5 Å². The van der Waals surface area contributed by atoms with Crippen LogP contribution in [0.2, 0.25) is 0 Å². The van der Waals surface area contributed by atoms with E-state index in [9.17, 15) is 23.8 Å². The summed E-state index contributed by atoms with van der Waals surface area (Å²) >= 11 is 0. The summed E-state index contributed by atoms with van der Waals surface area (Å²) in [5.74, 6) is -0.483. The maximum atomic E-state index is 13.8. The Hall–Kier alpha value is -3.60. The lowest BCUT2D eigenvalue weighted by molar-refractivity contribution is -0.126. The van der Waals surface area contributed by atoms with Crippen molar-refractivity contribution in [3.05, 3.63) is 71.9 Å². The first-order valence-corrected chi connectivity index (χ1v) is 12.3. The quantitative estimate of drug-likeness (QED) is 0.346. The second-order valence-corrected chi connectivity index (χ2v) is 9.06. The zero-order valence-corrected chi connectivity index (χ0v) is 20.8. The summed E-state index contributed by atoms with van der Waals surface area (Å²) in [7, 11) is 1.58. The number of carbonyl (C=O) groups is 1. The Morgan fingerprint density at radius 3 is 2.87 bits per heavy atom. The molecule has 2 heterocycles. The maximum Gasteiger partial charge on any atom is 0.244 e. The van der Waals surface area contributed by atoms with Crippen LogP contribution in [-0.4, -0.2) is 65.8 Å². The number of ether oxygens (including phenoxy) is 3. The number of rotatable bonds is 10. The van der Waals surface area contributed by atoms with Crippen LogP contribution in [0.15, 0.2) is 54.7 Å². The third kappa shape index (κ3) is 7.03. The number of carbonyl (C=O) groups excluding carboxylic acids is 1. The highest BCUT2D eigenvalue weighted by Gasteiger charge is 2.33. The Kier molecular flexibility index (Phi) is 9.22. The van der Waals surface area contributed by atoms with E-state index in [2.05, 4.69) is 10.3 Å². The fraction of sp³-hybridized carbons (Fsp3) is 0.357. The Balaban J connectivity index is 1.40. The number of aliphatic hydroxyl groups is 2. The summed E-state index contributed by atoms with van der Waals surface area (Å²) in [6, 6.07) is 9.78. The van der Waals surface area contributed by atoms with E-state index in [1.54, 1.807) is 19.4 Å². The van der Waals surface area contributed by atoms with Crippen LogP contribution in [-0.2, 0) is 9.53 Å². The molecule has 0 bridgehead atoms. The molecule has 1 aliphatic heterocycles. The van der Waals surface area contributed by atoms with E-state index in [1.165, 1.54) is 6.08 Å². The molecule has 0 aliphatic carbocycles. The molecule has 1 amide bonds. The molecule has 0 radical (unpaired) electrons. The van der Waals surface area contributed by atoms with Crippen LogP contribution in [0.4, 0.5) is 8.78 Å². The van der Waals surface area contributed by atoms with Gasteiger partial charge in [0, 0.05) is 29.6 Å². The van der Waals surface area contributed by atoms with Crippen LogP contribution >= 0.6 is 0 Å². The number of hydrogen-bond donors (Lipinski definition) is 3. The van der Waals surface area contributed by atoms with Crippen LogP contribution in [0, 0.1) is 11.6 Å². The van der Waals surface area contributed by atoms with Gasteiger partial charge in [0.05, 0.1) is 43.6 Å². The Labute approximate surface area is 218 Å². The molecular formula is C28H30F2N2O6. The van der Waals surface area contributed by atoms with E-state index < -0.39 is 42.4 Å². The number of amides is 1. The minimum absolute atomic E-state index is 0.0502. The average molecular weight is 529 g/mol. The molecular weight excluding hydrogens is 498 g/mol. The largest absolute Gasteiger partial charge is 0.497 e. The minimum Gasteiger partial charge on any atom is -0.497 e. The number of hydrogen-bond acceptors (Lipinski definition) is 7. The molecule has 8 nitrogen and oxygen atoms in total. The van der Waals surface area contributed by atoms with Gasteiger partial charge >= 0.3 is 0 Å². The van der Waals surface area contributed by atoms with E-state index in [0.717, 1.165) is 35.2 Å². The molecule has 2 aromatic carbocycles. The van der Waals surface area contributed by atoms with E-state index in [4.69, 9.17) is 14.2 Å². The van der Waals surface area contributed by atoms with Crippen LogP contribution in [0.1, 0.15) is 24.8 Å². The maximum absolute atomic E-state index is 13.8. The minimum atomic E-state index is -1.03. The van der Waals surface area contributed by atoms with Crippen molar-refractivity contribution in [2.45, 2.75) is 43.6 Å². The van der Waals surface area contributed by atoms with Crippen molar-refractivity contribution >= 4 is 22.9 Å². The molecule has 38 heavy (non-hydrogen) atoms. The Morgan fingerprint density at radius 1 is 1.24 bits per heavy atom. The number of fused-ring (bicyclic) bond motifs is 1. The predicted octanol–water partition coefficient (Wildman–Crippen LogP) is 3.39. The summed E-state index contributed by atoms with van der Waals surface area (Å²) in [5, 5.41) is 23.0. The molecule has 202 valence electrons. The summed E-state index contributed by atoms with van der Waals surface area (Å²) in [6.45, 7) is -0.229. The summed E-state index contributed by atoms with van der Waals surface area (Å²) < 4.78 is 44.8. The fourth-order valence-corrected chi connectivity index (χ4v) is 4.39. The van der Waals surface area contributed by atoms with Gasteiger partial charge in [0.25, 0.3) is 0 Å². The van der Waals surface area contributed by atoms with Gasteiger partial charge in [-0.2, -0.15) is 0 Å². The van der Waals surface area contributed by atoms with E-state index in [-0.39, 0.29) is 24.7 Å². The third-order valence-corrected chi connectivity index (χ3v) is 6.36. The first-order chi connectivity index (χ1) is 18.4. The van der Waals surface area contributed by atoms with Crippen molar-refractivity contribution in [2.75, 3.05) is 20.3 Å². The third-order valence-electron chi connectivity index (χ3n) is 6.36. The van der Waals surface area contributed by atoms with Gasteiger partial charge in [-0.15, -0.1) is 0 Å². The van der Waals surface area contributed by atoms with Crippen molar-refractivity contribution in [3.63, 3.8) is 0 Å². The van der Waals surface area contributed by atoms with Crippen molar-refractivity contribution < 1.29 is 38.0 Å². The number of benzene rings is 2. The summed E-state index contributed by atoms with van der Waals surface area (Å²) in [6.07, 6.45) is 3.18. The first kappa shape index (κ1) is 27.4. The van der Waals surface area contributed by atoms with Gasteiger partial charge in [0.15, 0.2) is 0 Å². The van der Waals surface area contributed by atoms with Crippen LogP contribution in [0.25, 0.3) is 17.0 Å². The predicted molar refractivity (Wildman–Crippen MR) is 137 cm³/mol. The second kappa shape index (κ2) is 12.8. The smallest absolute Gasteiger partial charge is 0.244 e. The number of aliphatic hydroxyl groups excluding tert-OH is 2. The zero-order valence-electron chi connectivity index (χ0n) is 20.8. The van der Waals surface area contributed by atoms with Gasteiger partial charge in [0.2, 0.25) is 5.91 Å². The van der Waals surface area contributed by atoms with Crippen LogP contribution < -0.4 is 14.8 Å². The van der Waals surface area contributed by atoms with Crippen molar-refractivity contribution in [1.82, 2.24) is 10.3 Å². The van der Waals surface area contributed by atoms with Gasteiger partial charge in [0.1, 0.15) is 29.7 Å². The topological polar surface area (TPSA) is 110 Å². The standard InChI is InChI=1S/C28H30F2N2O6/c1-36-20-4-7-24-22(14-20)26(10-11-31-24)37-16-21-5-8-25(27(38-21)13-19(34)15-33)32-28(35)9-2-17-12-18(29)3-6-23(17)30/h2-4,6-7,9-12,14,19,21,25,27,33-34H,5,8,13,15-16H2,1H3,(H,32,35)/b9-2+/t19-,21-,25+,27-/m0/s1. The monoisotopic (exact) mass is 528 g/mol. The van der Waals surface area contributed by atoms with Crippen molar-refractivity contribution in [3.8, 4) is 11.5 Å². The van der Waals surface area contributed by atoms with Gasteiger partial charge in [-0.3, -0.25) is 9.78 Å². The lowest BCUT2D eigenvalue weighted by atomic mass is 9.94. The van der Waals surface area contributed by atoms with Gasteiger partial charge in [-0.25, -0.2) is 8.78 Å². The van der Waals surface area contributed by atoms with Crippen molar-refractivity contribution in [1.29, 1.82) is 0 Å². The number of nitrogens with one attached hydrogen (secondary N) is 1. The molecule has 3 N–H and O–H groups in total. The van der Waals surface area contributed by atoms with E-state index >= 15 is 0 Å². The van der Waals surface area contributed by atoms with Crippen molar-refractivity contribution in [2.24, 2.45) is 0 Å². The zero-order chi connectivity index (χ0) is 27.1. The van der Waals surface area contributed by atoms with Crippen LogP contribution in [0.3, 0.4) is 0 Å². The molecule has 0 spiro atoms. The second-order valence-electron chi connectivity index (χ2n) is 9.06. The molecule has 1 aromatic heterocycles. The molecule has 1 aliphatic rings. The number of halogens is 2. The number of pyridine rings is 1. The normalized spacial score (nSPS) is 20.4. The number of methoxy groups -OCH3 is 1. The number of nitrogens with zero attached hydrogens (tertiary/aromatic N) is 1. The highest BCUT2D eigenvalue weighted by molar-refractivity contribution is 5.92. The molecule has 4 rings (SSSR count). The molecule has 1 saturated heterocycles. The lowest BCUT2D eigenvalue weighted by Crippen LogP contribution is -2.51. The van der Waals surface area contributed by atoms with E-state index in [1.807, 2.05) is 18.2 Å². The molecule has 10 heteroatoms. The van der Waals surface area contributed by atoms with Gasteiger partial charge < -0.3 is 29.7 Å². The van der Waals surface area contributed by atoms with Gasteiger partial charge in [-0.05, 0) is 61.4 Å². The molecule has 0 saturated carbocycles. The SMILES string of the molecule is COc1ccc2nccc(OC[C@@H]3CC[C@@H](NC(=O)/C=C/c4cc(F)ccc4F)[C@H](C[C@H](O)CO)O3)c2c1. The lowest BCUT2D eigenvalue weighted by Gasteiger charge is -2.37. The number of aromatic nitrogens is 1. The molecule has 0 unspecified atom stereocenters. The van der Waals surface area contributed by atoms with E-state index in [0.29, 0.717) is 24.3 Å². The molecule has 1 fully saturated rings. The molecule has 3 aromatic rings. The summed E-state index contributed by atoms with van der Waals surface area (Å²) in [4.78, 5) is 16.9. The highest BCUT2D eigenvalue weighted by Crippen LogP contribution is 2.29. The Morgan fingerprint density at radius 2 is 2.08 bits per heavy atom. The summed E-state index contributed by atoms with van der Waals surface area (Å²) in [5.41, 5.74) is 0.705. The average Bonchev–Trinajstić information content (AvgIpc) is 2.93. The Bertz CT molecular complexity index is 1290. The fourth-order valence-electron chi connectivity index (χ4n) is 4.39. The van der Waals surface area contributed by atoms with Gasteiger partial charge in [-0.1, -0.05) is 0 Å². The molecule has 4 atom stereocenters. The first-order valence-electron chi connectivity index (χ1n) is 12.3. The highest BCUT2D eigenvalue weighted by atomic mass is 19.1.